The largest absolute Gasteiger partial charge is 0.469 e. The predicted molar refractivity (Wildman–Crippen MR) is 73.5 cm³/mol. The van der Waals surface area contributed by atoms with E-state index in [4.69, 9.17) is 4.74 Å². The van der Waals surface area contributed by atoms with Gasteiger partial charge < -0.3 is 4.74 Å². The van der Waals surface area contributed by atoms with Crippen molar-refractivity contribution in [1.82, 2.24) is 0 Å². The van der Waals surface area contributed by atoms with Crippen LogP contribution >= 0.6 is 0 Å². The van der Waals surface area contributed by atoms with Crippen molar-refractivity contribution >= 4 is 11.8 Å². The maximum atomic E-state index is 11.9. The third kappa shape index (κ3) is 2.60. The van der Waals surface area contributed by atoms with E-state index in [0.29, 0.717) is 30.0 Å². The predicted octanol–water partition coefficient (Wildman–Crippen LogP) is 3.14. The van der Waals surface area contributed by atoms with Crippen LogP contribution in [-0.2, 0) is 14.3 Å². The lowest BCUT2D eigenvalue weighted by Gasteiger charge is -2.21. The number of methoxy groups -OCH3 is 1. The van der Waals surface area contributed by atoms with Gasteiger partial charge in [0.25, 0.3) is 0 Å². The fraction of sp³-hybridized carbons (Fsp3) is 0.750. The number of rotatable bonds is 2. The van der Waals surface area contributed by atoms with E-state index in [1.807, 2.05) is 13.8 Å². The van der Waals surface area contributed by atoms with E-state index >= 15 is 0 Å². The molecule has 1 saturated carbocycles. The van der Waals surface area contributed by atoms with Gasteiger partial charge in [-0.3, -0.25) is 9.59 Å². The molecule has 106 valence electrons. The second-order valence-electron chi connectivity index (χ2n) is 6.21. The topological polar surface area (TPSA) is 43.4 Å². The van der Waals surface area contributed by atoms with E-state index in [1.165, 1.54) is 12.7 Å². The Morgan fingerprint density at radius 2 is 2.00 bits per heavy atom. The molecule has 0 bridgehead atoms. The van der Waals surface area contributed by atoms with Crippen LogP contribution in [0, 0.1) is 23.7 Å². The molecular formula is C16H24O3. The van der Waals surface area contributed by atoms with Gasteiger partial charge in [0.1, 0.15) is 0 Å². The number of allylic oxidation sites excluding steroid dienone is 2. The fourth-order valence-electron chi connectivity index (χ4n) is 3.65. The van der Waals surface area contributed by atoms with Crippen LogP contribution in [0.4, 0.5) is 0 Å². The zero-order valence-electron chi connectivity index (χ0n) is 12.4. The Kier molecular flexibility index (Phi) is 4.12. The zero-order valence-corrected chi connectivity index (χ0v) is 12.4. The minimum Gasteiger partial charge on any atom is -0.469 e. The smallest absolute Gasteiger partial charge is 0.308 e. The van der Waals surface area contributed by atoms with Crippen molar-refractivity contribution in [1.29, 1.82) is 0 Å². The molecule has 1 fully saturated rings. The molecule has 3 heteroatoms. The molecule has 0 aliphatic heterocycles. The maximum Gasteiger partial charge on any atom is 0.308 e. The van der Waals surface area contributed by atoms with E-state index in [-0.39, 0.29) is 11.9 Å². The average molecular weight is 264 g/mol. The van der Waals surface area contributed by atoms with Crippen LogP contribution in [0.2, 0.25) is 0 Å². The molecule has 0 saturated heterocycles. The molecule has 0 aromatic carbocycles. The van der Waals surface area contributed by atoms with E-state index in [2.05, 4.69) is 6.92 Å². The van der Waals surface area contributed by atoms with Crippen molar-refractivity contribution < 1.29 is 14.3 Å². The number of ketones is 1. The number of carbonyl (C=O) groups excluding carboxylic acids is 2. The summed E-state index contributed by atoms with van der Waals surface area (Å²) in [5.74, 6) is 1.38. The van der Waals surface area contributed by atoms with Gasteiger partial charge in [-0.15, -0.1) is 0 Å². The summed E-state index contributed by atoms with van der Waals surface area (Å²) in [5, 5.41) is 0. The standard InChI is InChI=1S/C16H24O3/c1-9-5-6-12(10(2)16(18)19-4)7-14-11(3)15(17)8-13(9)14/h9-10,12-13H,5-8H2,1-4H3/t9-,10-,12+,13-/m0/s1. The van der Waals surface area contributed by atoms with Gasteiger partial charge in [-0.05, 0) is 49.5 Å². The van der Waals surface area contributed by atoms with Crippen molar-refractivity contribution in [2.45, 2.75) is 46.5 Å². The molecule has 19 heavy (non-hydrogen) atoms. The Labute approximate surface area is 115 Å². The summed E-state index contributed by atoms with van der Waals surface area (Å²) in [6.45, 7) is 6.14. The first-order chi connectivity index (χ1) is 8.95. The number of hydrogen-bond donors (Lipinski definition) is 0. The van der Waals surface area contributed by atoms with Gasteiger partial charge in [0, 0.05) is 6.42 Å². The van der Waals surface area contributed by atoms with Crippen molar-refractivity contribution in [3.8, 4) is 0 Å². The highest BCUT2D eigenvalue weighted by molar-refractivity contribution is 5.98. The lowest BCUT2D eigenvalue weighted by atomic mass is 9.84. The van der Waals surface area contributed by atoms with Gasteiger partial charge >= 0.3 is 5.97 Å². The second kappa shape index (κ2) is 5.48. The first-order valence-corrected chi connectivity index (χ1v) is 7.26. The van der Waals surface area contributed by atoms with Crippen LogP contribution in [-0.4, -0.2) is 18.9 Å². The summed E-state index contributed by atoms with van der Waals surface area (Å²) in [6, 6.07) is 0. The monoisotopic (exact) mass is 264 g/mol. The van der Waals surface area contributed by atoms with Crippen LogP contribution in [0.15, 0.2) is 11.1 Å². The quantitative estimate of drug-likeness (QED) is 0.720. The summed E-state index contributed by atoms with van der Waals surface area (Å²) in [5.41, 5.74) is 2.27. The molecule has 0 spiro atoms. The lowest BCUT2D eigenvalue weighted by Crippen LogP contribution is -2.22. The number of ether oxygens (including phenoxy) is 1. The van der Waals surface area contributed by atoms with Gasteiger partial charge in [0.2, 0.25) is 0 Å². The molecule has 2 aliphatic rings. The fourth-order valence-corrected chi connectivity index (χ4v) is 3.65. The Morgan fingerprint density at radius 3 is 2.63 bits per heavy atom. The van der Waals surface area contributed by atoms with Crippen LogP contribution in [0.3, 0.4) is 0 Å². The third-order valence-corrected chi connectivity index (χ3v) is 5.19. The van der Waals surface area contributed by atoms with Crippen molar-refractivity contribution in [2.75, 3.05) is 7.11 Å². The van der Waals surface area contributed by atoms with E-state index in [9.17, 15) is 9.59 Å². The highest BCUT2D eigenvalue weighted by atomic mass is 16.5. The molecule has 0 aromatic rings. The van der Waals surface area contributed by atoms with Gasteiger partial charge in [-0.25, -0.2) is 0 Å². The highest BCUT2D eigenvalue weighted by Crippen LogP contribution is 2.45. The molecule has 3 nitrogen and oxygen atoms in total. The van der Waals surface area contributed by atoms with E-state index in [0.717, 1.165) is 24.8 Å². The molecular weight excluding hydrogens is 240 g/mol. The number of esters is 1. The molecule has 2 rings (SSSR count). The molecule has 0 amide bonds. The molecule has 0 N–H and O–H groups in total. The Bertz CT molecular complexity index is 422. The zero-order chi connectivity index (χ0) is 14.2. The minimum absolute atomic E-state index is 0.0769. The first kappa shape index (κ1) is 14.3. The van der Waals surface area contributed by atoms with Crippen LogP contribution < -0.4 is 0 Å². The number of carbonyl (C=O) groups is 2. The first-order valence-electron chi connectivity index (χ1n) is 7.26. The summed E-state index contributed by atoms with van der Waals surface area (Å²) < 4.78 is 4.87. The average Bonchev–Trinajstić information content (AvgIpc) is 2.59. The molecule has 4 atom stereocenters. The van der Waals surface area contributed by atoms with Gasteiger partial charge in [0.15, 0.2) is 5.78 Å². The lowest BCUT2D eigenvalue weighted by molar-refractivity contribution is -0.146. The Morgan fingerprint density at radius 1 is 1.32 bits per heavy atom. The van der Waals surface area contributed by atoms with Crippen LogP contribution in [0.5, 0.6) is 0 Å². The Hall–Kier alpha value is -1.12. The summed E-state index contributed by atoms with van der Waals surface area (Å²) in [6.07, 6.45) is 3.73. The molecule has 0 heterocycles. The number of Topliss-reactive ketones (excluding diaryl/α,β-unsaturated/α-hetero) is 1. The van der Waals surface area contributed by atoms with Gasteiger partial charge in [-0.2, -0.15) is 0 Å². The number of fused-ring (bicyclic) bond motifs is 1. The maximum absolute atomic E-state index is 11.9. The van der Waals surface area contributed by atoms with Crippen molar-refractivity contribution in [3.05, 3.63) is 11.1 Å². The molecule has 0 unspecified atom stereocenters. The van der Waals surface area contributed by atoms with Gasteiger partial charge in [-0.1, -0.05) is 19.4 Å². The van der Waals surface area contributed by atoms with Crippen LogP contribution in [0.1, 0.15) is 46.5 Å². The molecule has 0 aromatic heterocycles. The SMILES string of the molecule is COC(=O)[C@@H](C)[C@@H]1CC[C@H](C)[C@@H]2CC(=O)C(C)=C2C1. The van der Waals surface area contributed by atoms with Crippen molar-refractivity contribution in [3.63, 3.8) is 0 Å². The number of hydrogen-bond acceptors (Lipinski definition) is 3. The third-order valence-electron chi connectivity index (χ3n) is 5.19. The molecule has 0 radical (unpaired) electrons. The van der Waals surface area contributed by atoms with Crippen molar-refractivity contribution in [2.24, 2.45) is 23.7 Å². The summed E-state index contributed by atoms with van der Waals surface area (Å²) in [4.78, 5) is 23.7. The van der Waals surface area contributed by atoms with E-state index in [1.54, 1.807) is 0 Å². The second-order valence-corrected chi connectivity index (χ2v) is 6.21. The molecule has 2 aliphatic carbocycles. The minimum atomic E-state index is -0.126. The highest BCUT2D eigenvalue weighted by Gasteiger charge is 2.39. The van der Waals surface area contributed by atoms with Crippen LogP contribution in [0.25, 0.3) is 0 Å². The summed E-state index contributed by atoms with van der Waals surface area (Å²) in [7, 11) is 1.45. The van der Waals surface area contributed by atoms with Gasteiger partial charge in [0.05, 0.1) is 13.0 Å². The van der Waals surface area contributed by atoms with E-state index < -0.39 is 0 Å². The summed E-state index contributed by atoms with van der Waals surface area (Å²) >= 11 is 0. The normalized spacial score (nSPS) is 32.8. The Balaban J connectivity index is 2.23.